The van der Waals surface area contributed by atoms with Gasteiger partial charge in [-0.3, -0.25) is 14.6 Å². The van der Waals surface area contributed by atoms with Crippen molar-refractivity contribution >= 4 is 55.0 Å². The van der Waals surface area contributed by atoms with Gasteiger partial charge in [0.25, 0.3) is 5.91 Å². The third-order valence-electron chi connectivity index (χ3n) is 6.77. The van der Waals surface area contributed by atoms with Gasteiger partial charge < -0.3 is 4.74 Å². The van der Waals surface area contributed by atoms with Crippen LogP contribution in [0.25, 0.3) is 10.2 Å². The van der Waals surface area contributed by atoms with Gasteiger partial charge in [0.15, 0.2) is 5.13 Å². The average molecular weight is 565 g/mol. The normalized spacial score (nSPS) is 17.4. The van der Waals surface area contributed by atoms with Crippen LogP contribution in [0.1, 0.15) is 36.0 Å². The predicted octanol–water partition coefficient (Wildman–Crippen LogP) is 4.26. The standard InChI is InChI=1S/C26H32N4O4S2.ClH/c31-25(21-9-11-22(12-10-21)36(32,33)29-14-4-1-5-15-29)30(16-6-13-28-17-19-34-20-18-28)26-27-23-7-2-3-8-24(23)35-26;/h2-3,7-12H,1,4-6,13-20H2;1H. The molecule has 0 atom stereocenters. The number of halogens is 1. The number of aromatic nitrogens is 1. The smallest absolute Gasteiger partial charge is 0.260 e. The number of carbonyl (C=O) groups excluding carboxylic acids is 1. The van der Waals surface area contributed by atoms with Crippen LogP contribution in [0.4, 0.5) is 5.13 Å². The Balaban J connectivity index is 0.00000320. The third kappa shape index (κ3) is 6.50. The van der Waals surface area contributed by atoms with Crippen LogP contribution in [0.2, 0.25) is 0 Å². The molecule has 2 aromatic carbocycles. The number of thiazole rings is 1. The number of piperidine rings is 1. The molecule has 0 spiro atoms. The summed E-state index contributed by atoms with van der Waals surface area (Å²) in [6.45, 7) is 5.81. The third-order valence-corrected chi connectivity index (χ3v) is 9.74. The molecule has 5 rings (SSSR count). The Morgan fingerprint density at radius 1 is 0.973 bits per heavy atom. The van der Waals surface area contributed by atoms with Gasteiger partial charge in [-0.05, 0) is 55.7 Å². The maximum atomic E-state index is 13.7. The molecule has 0 aliphatic carbocycles. The molecule has 0 saturated carbocycles. The number of rotatable bonds is 8. The van der Waals surface area contributed by atoms with Gasteiger partial charge in [0, 0.05) is 44.8 Å². The van der Waals surface area contributed by atoms with E-state index in [-0.39, 0.29) is 23.2 Å². The number of nitrogens with zero attached hydrogens (tertiary/aromatic N) is 4. The molecule has 2 aliphatic heterocycles. The zero-order valence-corrected chi connectivity index (χ0v) is 23.2. The van der Waals surface area contributed by atoms with Crippen LogP contribution in [-0.2, 0) is 14.8 Å². The van der Waals surface area contributed by atoms with Crippen LogP contribution in [0.3, 0.4) is 0 Å². The fraction of sp³-hybridized carbons (Fsp3) is 0.462. The van der Waals surface area contributed by atoms with Crippen LogP contribution in [0.15, 0.2) is 53.4 Å². The summed E-state index contributed by atoms with van der Waals surface area (Å²) in [7, 11) is -3.54. The predicted molar refractivity (Wildman–Crippen MR) is 149 cm³/mol. The molecule has 200 valence electrons. The number of carbonyl (C=O) groups is 1. The molecule has 1 aromatic heterocycles. The van der Waals surface area contributed by atoms with E-state index >= 15 is 0 Å². The minimum Gasteiger partial charge on any atom is -0.379 e. The summed E-state index contributed by atoms with van der Waals surface area (Å²) in [6.07, 6.45) is 3.64. The molecule has 1 amide bonds. The van der Waals surface area contributed by atoms with Crippen molar-refractivity contribution in [3.8, 4) is 0 Å². The monoisotopic (exact) mass is 564 g/mol. The molecular formula is C26H33ClN4O4S2. The summed E-state index contributed by atoms with van der Waals surface area (Å²) in [5, 5.41) is 0.660. The summed E-state index contributed by atoms with van der Waals surface area (Å²) >= 11 is 1.50. The number of morpholine rings is 1. The van der Waals surface area contributed by atoms with Crippen LogP contribution in [-0.4, -0.2) is 81.0 Å². The van der Waals surface area contributed by atoms with E-state index in [2.05, 4.69) is 4.90 Å². The first-order valence-electron chi connectivity index (χ1n) is 12.6. The van der Waals surface area contributed by atoms with Gasteiger partial charge in [0.05, 0.1) is 28.3 Å². The van der Waals surface area contributed by atoms with E-state index < -0.39 is 10.0 Å². The zero-order chi connectivity index (χ0) is 25.0. The number of sulfonamides is 1. The van der Waals surface area contributed by atoms with E-state index in [1.54, 1.807) is 33.5 Å². The quantitative estimate of drug-likeness (QED) is 0.406. The van der Waals surface area contributed by atoms with Crippen molar-refractivity contribution in [3.63, 3.8) is 0 Å². The van der Waals surface area contributed by atoms with Crippen molar-refractivity contribution in [2.75, 3.05) is 57.4 Å². The first-order chi connectivity index (χ1) is 17.5. The van der Waals surface area contributed by atoms with E-state index in [0.717, 1.165) is 68.7 Å². The lowest BCUT2D eigenvalue weighted by Crippen LogP contribution is -2.39. The Kier molecular flexibility index (Phi) is 9.55. The molecule has 0 unspecified atom stereocenters. The minimum atomic E-state index is -3.54. The van der Waals surface area contributed by atoms with Gasteiger partial charge in [-0.15, -0.1) is 12.4 Å². The molecule has 37 heavy (non-hydrogen) atoms. The lowest BCUT2D eigenvalue weighted by molar-refractivity contribution is 0.0376. The number of benzene rings is 2. The summed E-state index contributed by atoms with van der Waals surface area (Å²) in [6, 6.07) is 14.2. The second kappa shape index (κ2) is 12.6. The van der Waals surface area contributed by atoms with Crippen molar-refractivity contribution in [1.82, 2.24) is 14.2 Å². The van der Waals surface area contributed by atoms with Crippen molar-refractivity contribution in [2.45, 2.75) is 30.6 Å². The number of anilines is 1. The molecular weight excluding hydrogens is 532 g/mol. The van der Waals surface area contributed by atoms with Crippen LogP contribution < -0.4 is 4.90 Å². The molecule has 0 bridgehead atoms. The molecule has 2 aliphatic rings. The largest absolute Gasteiger partial charge is 0.379 e. The van der Waals surface area contributed by atoms with E-state index in [0.29, 0.717) is 30.3 Å². The van der Waals surface area contributed by atoms with Gasteiger partial charge in [-0.1, -0.05) is 29.9 Å². The lowest BCUT2D eigenvalue weighted by atomic mass is 10.2. The molecule has 8 nitrogen and oxygen atoms in total. The number of ether oxygens (including phenoxy) is 1. The molecule has 0 radical (unpaired) electrons. The molecule has 2 saturated heterocycles. The SMILES string of the molecule is Cl.O=C(c1ccc(S(=O)(=O)N2CCCCC2)cc1)N(CCCN1CCOCC1)c1nc2ccccc2s1. The Labute approximate surface area is 228 Å². The van der Waals surface area contributed by atoms with Crippen molar-refractivity contribution in [3.05, 3.63) is 54.1 Å². The highest BCUT2D eigenvalue weighted by Gasteiger charge is 2.27. The Hall–Kier alpha value is -2.08. The maximum Gasteiger partial charge on any atom is 0.260 e. The lowest BCUT2D eigenvalue weighted by Gasteiger charge is -2.28. The van der Waals surface area contributed by atoms with Gasteiger partial charge in [0.1, 0.15) is 0 Å². The topological polar surface area (TPSA) is 83.1 Å². The minimum absolute atomic E-state index is 0. The van der Waals surface area contributed by atoms with Crippen LogP contribution in [0, 0.1) is 0 Å². The summed E-state index contributed by atoms with van der Waals surface area (Å²) in [5.74, 6) is -0.169. The van der Waals surface area contributed by atoms with E-state index in [9.17, 15) is 13.2 Å². The second-order valence-electron chi connectivity index (χ2n) is 9.22. The highest BCUT2D eigenvalue weighted by Crippen LogP contribution is 2.30. The number of fused-ring (bicyclic) bond motifs is 1. The van der Waals surface area contributed by atoms with Crippen molar-refractivity contribution in [1.29, 1.82) is 0 Å². The molecule has 0 N–H and O–H groups in total. The van der Waals surface area contributed by atoms with Crippen molar-refractivity contribution < 1.29 is 17.9 Å². The van der Waals surface area contributed by atoms with E-state index in [1.165, 1.54) is 11.3 Å². The fourth-order valence-electron chi connectivity index (χ4n) is 4.72. The van der Waals surface area contributed by atoms with E-state index in [4.69, 9.17) is 9.72 Å². The van der Waals surface area contributed by atoms with Gasteiger partial charge in [-0.2, -0.15) is 4.31 Å². The first-order valence-corrected chi connectivity index (χ1v) is 14.9. The number of para-hydroxylation sites is 1. The molecule has 2 fully saturated rings. The highest BCUT2D eigenvalue weighted by atomic mass is 35.5. The summed E-state index contributed by atoms with van der Waals surface area (Å²) in [5.41, 5.74) is 1.32. The van der Waals surface area contributed by atoms with Gasteiger partial charge >= 0.3 is 0 Å². The number of amides is 1. The highest BCUT2D eigenvalue weighted by molar-refractivity contribution is 7.89. The maximum absolute atomic E-state index is 13.7. The van der Waals surface area contributed by atoms with Crippen LogP contribution >= 0.6 is 23.7 Å². The molecule has 11 heteroatoms. The second-order valence-corrected chi connectivity index (χ2v) is 12.2. The zero-order valence-electron chi connectivity index (χ0n) is 20.8. The Morgan fingerprint density at radius 2 is 1.68 bits per heavy atom. The fourth-order valence-corrected chi connectivity index (χ4v) is 7.22. The number of hydrogen-bond donors (Lipinski definition) is 0. The number of hydrogen-bond acceptors (Lipinski definition) is 7. The molecule has 3 heterocycles. The average Bonchev–Trinajstić information content (AvgIpc) is 3.36. The van der Waals surface area contributed by atoms with Crippen molar-refractivity contribution in [2.24, 2.45) is 0 Å². The summed E-state index contributed by atoms with van der Waals surface area (Å²) in [4.78, 5) is 22.7. The Morgan fingerprint density at radius 3 is 2.38 bits per heavy atom. The van der Waals surface area contributed by atoms with Crippen LogP contribution in [0.5, 0.6) is 0 Å². The van der Waals surface area contributed by atoms with Gasteiger partial charge in [-0.25, -0.2) is 13.4 Å². The van der Waals surface area contributed by atoms with E-state index in [1.807, 2.05) is 24.3 Å². The molecule has 3 aromatic rings. The van der Waals surface area contributed by atoms with Gasteiger partial charge in [0.2, 0.25) is 10.0 Å². The first kappa shape index (κ1) is 27.9. The Bertz CT molecular complexity index is 1250. The summed E-state index contributed by atoms with van der Waals surface area (Å²) < 4.78 is 34.1.